The number of aliphatic carboxylic acids is 1. The summed E-state index contributed by atoms with van der Waals surface area (Å²) in [6.07, 6.45) is 2.40. The Morgan fingerprint density at radius 2 is 1.81 bits per heavy atom. The van der Waals surface area contributed by atoms with Crippen LogP contribution in [0.15, 0.2) is 0 Å². The van der Waals surface area contributed by atoms with Crippen molar-refractivity contribution in [2.45, 2.75) is 37.8 Å². The van der Waals surface area contributed by atoms with Crippen molar-refractivity contribution in [1.29, 1.82) is 0 Å². The molecule has 3 aliphatic rings. The van der Waals surface area contributed by atoms with Crippen molar-refractivity contribution in [1.82, 2.24) is 9.80 Å². The van der Waals surface area contributed by atoms with Crippen LogP contribution in [0.2, 0.25) is 0 Å². The molecule has 0 aromatic heterocycles. The Morgan fingerprint density at radius 3 is 2.48 bits per heavy atom. The quantitative estimate of drug-likeness (QED) is 0.772. The van der Waals surface area contributed by atoms with E-state index in [1.54, 1.807) is 4.90 Å². The van der Waals surface area contributed by atoms with Gasteiger partial charge in [-0.15, -0.1) is 0 Å². The van der Waals surface area contributed by atoms with Crippen molar-refractivity contribution in [3.05, 3.63) is 0 Å². The standard InChI is InChI=1S/C14H20N2O5/c17-12(9-3-4-9)16-5-1-2-10(16)13(18)15-6-7-21-11(8-15)14(19)20/h9-11H,1-8H2,(H,19,20). The van der Waals surface area contributed by atoms with Crippen molar-refractivity contribution in [3.8, 4) is 0 Å². The van der Waals surface area contributed by atoms with Crippen LogP contribution >= 0.6 is 0 Å². The molecule has 2 heterocycles. The third-order valence-electron chi connectivity index (χ3n) is 4.40. The van der Waals surface area contributed by atoms with Gasteiger partial charge in [-0.2, -0.15) is 0 Å². The molecule has 3 rings (SSSR count). The normalized spacial score (nSPS) is 29.5. The fourth-order valence-electron chi connectivity index (χ4n) is 3.06. The van der Waals surface area contributed by atoms with Gasteiger partial charge in [0.25, 0.3) is 0 Å². The van der Waals surface area contributed by atoms with Gasteiger partial charge in [0.2, 0.25) is 11.8 Å². The second-order valence-corrected chi connectivity index (χ2v) is 5.95. The lowest BCUT2D eigenvalue weighted by atomic mass is 10.1. The maximum Gasteiger partial charge on any atom is 0.334 e. The topological polar surface area (TPSA) is 87.2 Å². The summed E-state index contributed by atoms with van der Waals surface area (Å²) in [5, 5.41) is 9.00. The number of rotatable bonds is 3. The molecule has 0 spiro atoms. The first-order valence-electron chi connectivity index (χ1n) is 7.51. The second kappa shape index (κ2) is 5.63. The first-order chi connectivity index (χ1) is 10.1. The largest absolute Gasteiger partial charge is 0.479 e. The van der Waals surface area contributed by atoms with Gasteiger partial charge in [0.1, 0.15) is 6.04 Å². The molecule has 0 aromatic carbocycles. The number of hydrogen-bond donors (Lipinski definition) is 1. The zero-order valence-corrected chi connectivity index (χ0v) is 11.9. The van der Waals surface area contributed by atoms with Crippen LogP contribution in [0.5, 0.6) is 0 Å². The molecule has 2 atom stereocenters. The molecule has 7 heteroatoms. The monoisotopic (exact) mass is 296 g/mol. The minimum Gasteiger partial charge on any atom is -0.479 e. The van der Waals surface area contributed by atoms with Crippen LogP contribution in [-0.2, 0) is 19.1 Å². The summed E-state index contributed by atoms with van der Waals surface area (Å²) in [5.41, 5.74) is 0. The van der Waals surface area contributed by atoms with Crippen molar-refractivity contribution in [3.63, 3.8) is 0 Å². The Hall–Kier alpha value is -1.63. The average Bonchev–Trinajstić information content (AvgIpc) is 3.23. The van der Waals surface area contributed by atoms with Gasteiger partial charge in [-0.25, -0.2) is 4.79 Å². The van der Waals surface area contributed by atoms with Crippen LogP contribution in [0, 0.1) is 5.92 Å². The maximum atomic E-state index is 12.6. The van der Waals surface area contributed by atoms with Crippen LogP contribution in [0.1, 0.15) is 25.7 Å². The molecule has 21 heavy (non-hydrogen) atoms. The molecule has 2 amide bonds. The number of morpholine rings is 1. The number of likely N-dealkylation sites (tertiary alicyclic amines) is 1. The molecule has 116 valence electrons. The van der Waals surface area contributed by atoms with E-state index >= 15 is 0 Å². The molecule has 3 fully saturated rings. The summed E-state index contributed by atoms with van der Waals surface area (Å²) in [5.74, 6) is -0.982. The highest BCUT2D eigenvalue weighted by molar-refractivity contribution is 5.90. The molecule has 2 unspecified atom stereocenters. The van der Waals surface area contributed by atoms with Crippen molar-refractivity contribution in [2.75, 3.05) is 26.2 Å². The van der Waals surface area contributed by atoms with Gasteiger partial charge < -0.3 is 19.6 Å². The number of carbonyl (C=O) groups excluding carboxylic acids is 2. The Bertz CT molecular complexity index is 462. The van der Waals surface area contributed by atoms with E-state index in [2.05, 4.69) is 0 Å². The van der Waals surface area contributed by atoms with Gasteiger partial charge in [0.15, 0.2) is 6.10 Å². The van der Waals surface area contributed by atoms with Crippen molar-refractivity contribution >= 4 is 17.8 Å². The highest BCUT2D eigenvalue weighted by Gasteiger charge is 2.43. The zero-order chi connectivity index (χ0) is 15.0. The zero-order valence-electron chi connectivity index (χ0n) is 11.9. The molecule has 0 radical (unpaired) electrons. The Balaban J connectivity index is 1.65. The summed E-state index contributed by atoms with van der Waals surface area (Å²) in [7, 11) is 0. The van der Waals surface area contributed by atoms with Gasteiger partial charge in [-0.05, 0) is 25.7 Å². The summed E-state index contributed by atoms with van der Waals surface area (Å²) >= 11 is 0. The third kappa shape index (κ3) is 2.88. The Morgan fingerprint density at radius 1 is 1.05 bits per heavy atom. The lowest BCUT2D eigenvalue weighted by Gasteiger charge is -2.34. The summed E-state index contributed by atoms with van der Waals surface area (Å²) in [4.78, 5) is 39.0. The molecule has 2 saturated heterocycles. The lowest BCUT2D eigenvalue weighted by molar-refractivity contribution is -0.161. The summed E-state index contributed by atoms with van der Waals surface area (Å²) < 4.78 is 5.13. The number of carboxylic acids is 1. The first-order valence-corrected chi connectivity index (χ1v) is 7.51. The minimum absolute atomic E-state index is 0.0656. The molecule has 0 bridgehead atoms. The lowest BCUT2D eigenvalue weighted by Crippen LogP contribution is -2.54. The van der Waals surface area contributed by atoms with E-state index in [0.717, 1.165) is 19.3 Å². The van der Waals surface area contributed by atoms with E-state index in [9.17, 15) is 14.4 Å². The molecule has 1 aliphatic carbocycles. The predicted octanol–water partition coefficient (Wildman–Crippen LogP) is -0.301. The second-order valence-electron chi connectivity index (χ2n) is 5.95. The van der Waals surface area contributed by atoms with Gasteiger partial charge in [-0.1, -0.05) is 0 Å². The number of ether oxygens (including phenoxy) is 1. The number of amides is 2. The van der Waals surface area contributed by atoms with Gasteiger partial charge in [0, 0.05) is 19.0 Å². The van der Waals surface area contributed by atoms with Crippen molar-refractivity contribution < 1.29 is 24.2 Å². The molecule has 0 aromatic rings. The molecule has 2 aliphatic heterocycles. The van der Waals surface area contributed by atoms with E-state index < -0.39 is 18.1 Å². The fourth-order valence-corrected chi connectivity index (χ4v) is 3.06. The van der Waals surface area contributed by atoms with E-state index in [1.165, 1.54) is 4.90 Å². The SMILES string of the molecule is O=C(O)C1CN(C(=O)C2CCCN2C(=O)C2CC2)CCO1. The van der Waals surface area contributed by atoms with Crippen LogP contribution in [0.3, 0.4) is 0 Å². The van der Waals surface area contributed by atoms with Crippen molar-refractivity contribution in [2.24, 2.45) is 5.92 Å². The molecule has 7 nitrogen and oxygen atoms in total. The Labute approximate surface area is 122 Å². The predicted molar refractivity (Wildman–Crippen MR) is 71.4 cm³/mol. The first kappa shape index (κ1) is 14.3. The molecule has 1 N–H and O–H groups in total. The van der Waals surface area contributed by atoms with E-state index in [1.807, 2.05) is 0 Å². The highest BCUT2D eigenvalue weighted by atomic mass is 16.5. The minimum atomic E-state index is -1.05. The molecule has 1 saturated carbocycles. The fraction of sp³-hybridized carbons (Fsp3) is 0.786. The highest BCUT2D eigenvalue weighted by Crippen LogP contribution is 2.34. The van der Waals surface area contributed by atoms with Gasteiger partial charge in [0.05, 0.1) is 13.2 Å². The number of hydrogen-bond acceptors (Lipinski definition) is 4. The molecular formula is C14H20N2O5. The van der Waals surface area contributed by atoms with Crippen LogP contribution in [0.25, 0.3) is 0 Å². The van der Waals surface area contributed by atoms with E-state index in [-0.39, 0.29) is 30.9 Å². The van der Waals surface area contributed by atoms with Gasteiger partial charge in [-0.3, -0.25) is 9.59 Å². The maximum absolute atomic E-state index is 12.6. The number of carbonyl (C=O) groups is 3. The average molecular weight is 296 g/mol. The summed E-state index contributed by atoms with van der Waals surface area (Å²) in [6.45, 7) is 1.32. The van der Waals surface area contributed by atoms with Crippen LogP contribution in [0.4, 0.5) is 0 Å². The number of carboxylic acid groups (broad SMARTS) is 1. The smallest absolute Gasteiger partial charge is 0.334 e. The molecular weight excluding hydrogens is 276 g/mol. The van der Waals surface area contributed by atoms with Crippen LogP contribution < -0.4 is 0 Å². The summed E-state index contributed by atoms with van der Waals surface area (Å²) in [6, 6.07) is -0.411. The van der Waals surface area contributed by atoms with Crippen LogP contribution in [-0.4, -0.2) is 71.1 Å². The third-order valence-corrected chi connectivity index (χ3v) is 4.40. The Kier molecular flexibility index (Phi) is 3.84. The van der Waals surface area contributed by atoms with E-state index in [4.69, 9.17) is 9.84 Å². The number of nitrogens with zero attached hydrogens (tertiary/aromatic N) is 2. The van der Waals surface area contributed by atoms with Gasteiger partial charge >= 0.3 is 5.97 Å². The van der Waals surface area contributed by atoms with E-state index in [0.29, 0.717) is 19.5 Å².